The molecule has 5 heteroatoms. The lowest BCUT2D eigenvalue weighted by atomic mass is 9.77. The van der Waals surface area contributed by atoms with Gasteiger partial charge in [-0.2, -0.15) is 0 Å². The maximum atomic E-state index is 14.0. The molecule has 0 radical (unpaired) electrons. The summed E-state index contributed by atoms with van der Waals surface area (Å²) >= 11 is 0. The second kappa shape index (κ2) is 8.66. The van der Waals surface area contributed by atoms with E-state index >= 15 is 0 Å². The van der Waals surface area contributed by atoms with Crippen LogP contribution in [0.4, 0.5) is 17.6 Å². The predicted octanol–water partition coefficient (Wildman–Crippen LogP) is 7.44. The Hall–Kier alpha value is -1.52. The van der Waals surface area contributed by atoms with Crippen molar-refractivity contribution in [1.29, 1.82) is 0 Å². The number of benzene rings is 1. The predicted molar refractivity (Wildman–Crippen MR) is 99.0 cm³/mol. The van der Waals surface area contributed by atoms with Crippen molar-refractivity contribution in [2.75, 3.05) is 0 Å². The highest BCUT2D eigenvalue weighted by Gasteiger charge is 2.33. The van der Waals surface area contributed by atoms with E-state index in [0.29, 0.717) is 12.0 Å². The molecular weight excluding hydrogens is 356 g/mol. The van der Waals surface area contributed by atoms with Gasteiger partial charge in [-0.15, -0.1) is 13.2 Å². The van der Waals surface area contributed by atoms with Crippen LogP contribution in [-0.4, -0.2) is 6.36 Å². The molecule has 1 aromatic rings. The minimum absolute atomic E-state index is 0.638. The van der Waals surface area contributed by atoms with Crippen LogP contribution in [0.1, 0.15) is 75.8 Å². The Morgan fingerprint density at radius 1 is 1.00 bits per heavy atom. The molecule has 0 bridgehead atoms. The highest BCUT2D eigenvalue weighted by molar-refractivity contribution is 5.61. The van der Waals surface area contributed by atoms with E-state index in [1.807, 2.05) is 6.08 Å². The number of halogens is 4. The van der Waals surface area contributed by atoms with Gasteiger partial charge in [0.05, 0.1) is 0 Å². The molecule has 1 saturated carbocycles. The molecule has 0 amide bonds. The molecule has 0 heterocycles. The fourth-order valence-electron chi connectivity index (χ4n) is 4.56. The highest BCUT2D eigenvalue weighted by Crippen LogP contribution is 2.37. The van der Waals surface area contributed by atoms with Crippen LogP contribution < -0.4 is 4.74 Å². The van der Waals surface area contributed by atoms with E-state index in [4.69, 9.17) is 0 Å². The van der Waals surface area contributed by atoms with Gasteiger partial charge in [-0.05, 0) is 60.8 Å². The molecule has 2 aliphatic rings. The second-order valence-corrected chi connectivity index (χ2v) is 8.05. The Morgan fingerprint density at radius 3 is 2.30 bits per heavy atom. The number of aryl methyl sites for hydroxylation is 1. The largest absolute Gasteiger partial charge is 0.573 e. The molecular formula is C22H28F4O. The van der Waals surface area contributed by atoms with Crippen molar-refractivity contribution in [3.63, 3.8) is 0 Å². The van der Waals surface area contributed by atoms with E-state index in [9.17, 15) is 17.6 Å². The van der Waals surface area contributed by atoms with Gasteiger partial charge in [0, 0.05) is 0 Å². The van der Waals surface area contributed by atoms with Crippen LogP contribution in [0.15, 0.2) is 17.7 Å². The Balaban J connectivity index is 1.57. The van der Waals surface area contributed by atoms with Gasteiger partial charge in [-0.1, -0.05) is 57.1 Å². The zero-order valence-corrected chi connectivity index (χ0v) is 15.9. The summed E-state index contributed by atoms with van der Waals surface area (Å²) in [5.41, 5.74) is 2.69. The van der Waals surface area contributed by atoms with Crippen molar-refractivity contribution >= 4 is 6.08 Å². The fraction of sp³-hybridized carbons (Fsp3) is 0.636. The molecule has 0 aromatic heterocycles. The first-order valence-corrected chi connectivity index (χ1v) is 10.1. The van der Waals surface area contributed by atoms with E-state index < -0.39 is 17.9 Å². The molecule has 0 unspecified atom stereocenters. The number of rotatable bonds is 6. The number of hydrogen-bond donors (Lipinski definition) is 0. The first-order valence-electron chi connectivity index (χ1n) is 10.1. The van der Waals surface area contributed by atoms with Crippen molar-refractivity contribution in [2.45, 2.75) is 77.5 Å². The third-order valence-electron chi connectivity index (χ3n) is 6.03. The summed E-state index contributed by atoms with van der Waals surface area (Å²) in [6.07, 6.45) is 8.64. The van der Waals surface area contributed by atoms with E-state index in [1.54, 1.807) is 0 Å². The van der Waals surface area contributed by atoms with E-state index in [2.05, 4.69) is 11.7 Å². The minimum atomic E-state index is -4.87. The van der Waals surface area contributed by atoms with Gasteiger partial charge >= 0.3 is 6.36 Å². The quantitative estimate of drug-likeness (QED) is 0.463. The van der Waals surface area contributed by atoms with Crippen LogP contribution in [0.3, 0.4) is 0 Å². The lowest BCUT2D eigenvalue weighted by molar-refractivity contribution is -0.275. The third-order valence-corrected chi connectivity index (χ3v) is 6.03. The minimum Gasteiger partial charge on any atom is -0.403 e. The van der Waals surface area contributed by atoms with Crippen LogP contribution in [0.25, 0.3) is 6.08 Å². The van der Waals surface area contributed by atoms with Gasteiger partial charge in [0.15, 0.2) is 11.6 Å². The molecule has 3 rings (SSSR count). The molecule has 1 fully saturated rings. The highest BCUT2D eigenvalue weighted by atomic mass is 19.4. The number of ether oxygens (including phenoxy) is 1. The average Bonchev–Trinajstić information content (AvgIpc) is 2.61. The molecule has 1 aromatic carbocycles. The van der Waals surface area contributed by atoms with E-state index in [-0.39, 0.29) is 0 Å². The first-order chi connectivity index (χ1) is 12.8. The maximum absolute atomic E-state index is 14.0. The Bertz CT molecular complexity index is 670. The molecule has 1 nitrogen and oxygen atoms in total. The van der Waals surface area contributed by atoms with Crippen LogP contribution in [0, 0.1) is 17.7 Å². The molecule has 0 N–H and O–H groups in total. The van der Waals surface area contributed by atoms with Gasteiger partial charge in [-0.3, -0.25) is 0 Å². The summed E-state index contributed by atoms with van der Waals surface area (Å²) in [5, 5.41) is 0. The lowest BCUT2D eigenvalue weighted by Crippen LogP contribution is -2.18. The Labute approximate surface area is 158 Å². The standard InChI is InChI=1S/C22H28F4O/c1-2-3-15-4-6-16(7-5-15)8-9-17-10-11-18-14-21(27-22(24,25)26)20(23)13-19(18)12-17/h12-16H,2-11H2,1H3. The molecule has 27 heavy (non-hydrogen) atoms. The molecule has 150 valence electrons. The summed E-state index contributed by atoms with van der Waals surface area (Å²) in [6, 6.07) is 2.37. The zero-order chi connectivity index (χ0) is 19.4. The molecule has 2 aliphatic carbocycles. The summed E-state index contributed by atoms with van der Waals surface area (Å²) < 4.78 is 54.8. The van der Waals surface area contributed by atoms with Crippen molar-refractivity contribution in [3.8, 4) is 5.75 Å². The van der Waals surface area contributed by atoms with Crippen LogP contribution in [0.2, 0.25) is 0 Å². The van der Waals surface area contributed by atoms with Crippen molar-refractivity contribution in [2.24, 2.45) is 11.8 Å². The Kier molecular flexibility index (Phi) is 6.48. The van der Waals surface area contributed by atoms with E-state index in [0.717, 1.165) is 36.7 Å². The first kappa shape index (κ1) is 20.2. The monoisotopic (exact) mass is 384 g/mol. The molecule has 0 atom stereocenters. The zero-order valence-electron chi connectivity index (χ0n) is 15.9. The van der Waals surface area contributed by atoms with Crippen molar-refractivity contribution < 1.29 is 22.3 Å². The Morgan fingerprint density at radius 2 is 1.67 bits per heavy atom. The SMILES string of the molecule is CCCC1CCC(CCC2=Cc3cc(F)c(OC(F)(F)F)cc3CC2)CC1. The normalized spacial score (nSPS) is 22.9. The molecule has 0 aliphatic heterocycles. The third kappa shape index (κ3) is 5.73. The summed E-state index contributed by atoms with van der Waals surface area (Å²) in [6.45, 7) is 2.25. The lowest BCUT2D eigenvalue weighted by Gasteiger charge is -2.29. The fourth-order valence-corrected chi connectivity index (χ4v) is 4.56. The summed E-state index contributed by atoms with van der Waals surface area (Å²) in [7, 11) is 0. The van der Waals surface area contributed by atoms with Crippen molar-refractivity contribution in [3.05, 3.63) is 34.6 Å². The van der Waals surface area contributed by atoms with E-state index in [1.165, 1.54) is 56.2 Å². The smallest absolute Gasteiger partial charge is 0.403 e. The second-order valence-electron chi connectivity index (χ2n) is 8.05. The van der Waals surface area contributed by atoms with Crippen LogP contribution >= 0.6 is 0 Å². The van der Waals surface area contributed by atoms with Gasteiger partial charge < -0.3 is 4.74 Å². The number of fused-ring (bicyclic) bond motifs is 1. The maximum Gasteiger partial charge on any atom is 0.573 e. The van der Waals surface area contributed by atoms with Gasteiger partial charge in [-0.25, -0.2) is 4.39 Å². The topological polar surface area (TPSA) is 9.23 Å². The number of hydrogen-bond acceptors (Lipinski definition) is 1. The number of alkyl halides is 3. The summed E-state index contributed by atoms with van der Waals surface area (Å²) in [4.78, 5) is 0. The average molecular weight is 384 g/mol. The van der Waals surface area contributed by atoms with Crippen LogP contribution in [-0.2, 0) is 6.42 Å². The molecule has 0 spiro atoms. The van der Waals surface area contributed by atoms with Crippen LogP contribution in [0.5, 0.6) is 5.75 Å². The molecule has 0 saturated heterocycles. The van der Waals surface area contributed by atoms with Gasteiger partial charge in [0.2, 0.25) is 0 Å². The summed E-state index contributed by atoms with van der Waals surface area (Å²) in [5.74, 6) is -0.0115. The number of allylic oxidation sites excluding steroid dienone is 1. The van der Waals surface area contributed by atoms with Gasteiger partial charge in [0.1, 0.15) is 0 Å². The van der Waals surface area contributed by atoms with Crippen molar-refractivity contribution in [1.82, 2.24) is 0 Å². The van der Waals surface area contributed by atoms with Gasteiger partial charge in [0.25, 0.3) is 0 Å².